The molecule has 23 heavy (non-hydrogen) atoms. The molecule has 0 spiro atoms. The van der Waals surface area contributed by atoms with Crippen LogP contribution in [0.15, 0.2) is 21.0 Å². The minimum atomic E-state index is -0.964. The molecule has 2 bridgehead atoms. The fourth-order valence-corrected chi connectivity index (χ4v) is 7.03. The van der Waals surface area contributed by atoms with E-state index in [0.717, 1.165) is 35.5 Å². The average molecular weight is 347 g/mol. The molecule has 0 radical (unpaired) electrons. The maximum absolute atomic E-state index is 13.0. The van der Waals surface area contributed by atoms with Crippen LogP contribution in [0.5, 0.6) is 0 Å². The van der Waals surface area contributed by atoms with Gasteiger partial charge in [0, 0.05) is 31.4 Å². The molecular weight excluding hydrogens is 324 g/mol. The van der Waals surface area contributed by atoms with Crippen LogP contribution < -0.4 is 0 Å². The summed E-state index contributed by atoms with van der Waals surface area (Å²) in [4.78, 5) is 17.8. The Labute approximate surface area is 144 Å². The zero-order valence-electron chi connectivity index (χ0n) is 14.1. The van der Waals surface area contributed by atoms with Crippen molar-refractivity contribution in [2.75, 3.05) is 0 Å². The van der Waals surface area contributed by atoms with E-state index in [9.17, 15) is 9.00 Å². The van der Waals surface area contributed by atoms with Crippen LogP contribution in [0.3, 0.4) is 0 Å². The lowest BCUT2D eigenvalue weighted by molar-refractivity contribution is -0.126. The molecule has 0 aromatic carbocycles. The summed E-state index contributed by atoms with van der Waals surface area (Å²) in [5.74, 6) is 0.574. The van der Waals surface area contributed by atoms with Gasteiger partial charge in [0.1, 0.15) is 5.78 Å². The topological polar surface area (TPSA) is 34.1 Å². The average Bonchev–Trinajstić information content (AvgIpc) is 2.76. The monoisotopic (exact) mass is 346 g/mol. The van der Waals surface area contributed by atoms with Gasteiger partial charge >= 0.3 is 0 Å². The van der Waals surface area contributed by atoms with Gasteiger partial charge in [0.05, 0.1) is 10.8 Å². The third-order valence-corrected chi connectivity index (χ3v) is 8.61. The lowest BCUT2D eigenvalue weighted by atomic mass is 9.89. The number of allylic oxidation sites excluding steroid dienone is 4. The number of aryl methyl sites for hydroxylation is 2. The highest BCUT2D eigenvalue weighted by Crippen LogP contribution is 2.47. The molecule has 4 heteroatoms. The zero-order chi connectivity index (χ0) is 16.5. The van der Waals surface area contributed by atoms with Gasteiger partial charge in [0.25, 0.3) is 0 Å². The highest BCUT2D eigenvalue weighted by Gasteiger charge is 2.41. The summed E-state index contributed by atoms with van der Waals surface area (Å²) in [6.45, 7) is 8.35. The Hall–Kier alpha value is -1.00. The number of thiophene rings is 1. The van der Waals surface area contributed by atoms with Crippen molar-refractivity contribution in [3.63, 3.8) is 0 Å². The quantitative estimate of drug-likeness (QED) is 0.699. The molecule has 1 aromatic rings. The highest BCUT2D eigenvalue weighted by molar-refractivity contribution is 7.93. The van der Waals surface area contributed by atoms with Gasteiger partial charge in [0.15, 0.2) is 0 Å². The SMILES string of the molecule is CC1=C2CC3Cc4c(C)sc(C)c4CC(CC2=C(C)S1=O)C3=O. The summed E-state index contributed by atoms with van der Waals surface area (Å²) < 4.78 is 12.5. The second-order valence-electron chi connectivity index (χ2n) is 7.12. The Morgan fingerprint density at radius 1 is 0.826 bits per heavy atom. The molecule has 2 nitrogen and oxygen atoms in total. The van der Waals surface area contributed by atoms with E-state index in [1.807, 2.05) is 25.2 Å². The summed E-state index contributed by atoms with van der Waals surface area (Å²) in [5.41, 5.74) is 5.31. The molecule has 0 N–H and O–H groups in total. The smallest absolute Gasteiger partial charge is 0.140 e. The molecule has 2 unspecified atom stereocenters. The van der Waals surface area contributed by atoms with Crippen molar-refractivity contribution in [3.8, 4) is 0 Å². The highest BCUT2D eigenvalue weighted by atomic mass is 32.2. The first-order valence-electron chi connectivity index (χ1n) is 8.31. The van der Waals surface area contributed by atoms with E-state index in [1.54, 1.807) is 0 Å². The minimum Gasteiger partial charge on any atom is -0.299 e. The van der Waals surface area contributed by atoms with E-state index >= 15 is 0 Å². The third-order valence-electron chi connectivity index (χ3n) is 5.90. The van der Waals surface area contributed by atoms with Crippen molar-refractivity contribution >= 4 is 27.9 Å². The molecule has 1 saturated carbocycles. The Balaban J connectivity index is 1.85. The van der Waals surface area contributed by atoms with Gasteiger partial charge in [0.2, 0.25) is 0 Å². The van der Waals surface area contributed by atoms with Gasteiger partial charge in [-0.3, -0.25) is 4.79 Å². The molecule has 122 valence electrons. The molecule has 1 aliphatic heterocycles. The molecule has 0 amide bonds. The van der Waals surface area contributed by atoms with Crippen LogP contribution in [0, 0.1) is 25.7 Å². The van der Waals surface area contributed by atoms with Gasteiger partial charge in [-0.25, -0.2) is 4.21 Å². The molecule has 2 heterocycles. The number of hydrogen-bond acceptors (Lipinski definition) is 3. The van der Waals surface area contributed by atoms with E-state index in [2.05, 4.69) is 13.8 Å². The first kappa shape index (κ1) is 15.5. The van der Waals surface area contributed by atoms with E-state index in [-0.39, 0.29) is 11.8 Å². The van der Waals surface area contributed by atoms with E-state index in [4.69, 9.17) is 0 Å². The van der Waals surface area contributed by atoms with Crippen molar-refractivity contribution in [3.05, 3.63) is 41.8 Å². The predicted molar refractivity (Wildman–Crippen MR) is 96.0 cm³/mol. The van der Waals surface area contributed by atoms with Crippen molar-refractivity contribution < 1.29 is 9.00 Å². The third kappa shape index (κ3) is 2.18. The van der Waals surface area contributed by atoms with Crippen LogP contribution in [-0.2, 0) is 28.4 Å². The summed E-state index contributed by atoms with van der Waals surface area (Å²) >= 11 is 1.88. The Morgan fingerprint density at radius 3 is 1.70 bits per heavy atom. The van der Waals surface area contributed by atoms with Gasteiger partial charge in [-0.1, -0.05) is 0 Å². The van der Waals surface area contributed by atoms with Gasteiger partial charge in [-0.15, -0.1) is 11.3 Å². The zero-order valence-corrected chi connectivity index (χ0v) is 15.7. The molecular formula is C19H22O2S2. The largest absolute Gasteiger partial charge is 0.299 e. The van der Waals surface area contributed by atoms with E-state index in [1.165, 1.54) is 32.0 Å². The van der Waals surface area contributed by atoms with Crippen molar-refractivity contribution in [2.24, 2.45) is 11.8 Å². The molecule has 1 fully saturated rings. The molecule has 1 aromatic heterocycles. The maximum atomic E-state index is 13.0. The Morgan fingerprint density at radius 2 is 1.26 bits per heavy atom. The number of rotatable bonds is 0. The van der Waals surface area contributed by atoms with Crippen LogP contribution in [0.25, 0.3) is 0 Å². The lowest BCUT2D eigenvalue weighted by Gasteiger charge is -2.14. The summed E-state index contributed by atoms with van der Waals surface area (Å²) in [5, 5.41) is 0. The Kier molecular flexibility index (Phi) is 3.54. The first-order chi connectivity index (χ1) is 10.9. The van der Waals surface area contributed by atoms with E-state index in [0.29, 0.717) is 5.78 Å². The second-order valence-corrected chi connectivity index (χ2v) is 10.3. The number of carbonyl (C=O) groups excluding carboxylic acids is 1. The summed E-state index contributed by atoms with van der Waals surface area (Å²) in [6.07, 6.45) is 3.31. The fraction of sp³-hybridized carbons (Fsp3) is 0.526. The Bertz CT molecular complexity index is 760. The first-order valence-corrected chi connectivity index (χ1v) is 10.3. The predicted octanol–water partition coefficient (Wildman–Crippen LogP) is 4.37. The van der Waals surface area contributed by atoms with Crippen LogP contribution in [0.2, 0.25) is 0 Å². The van der Waals surface area contributed by atoms with Crippen molar-refractivity contribution in [1.82, 2.24) is 0 Å². The fourth-order valence-electron chi connectivity index (χ4n) is 4.59. The van der Waals surface area contributed by atoms with Gasteiger partial charge in [-0.2, -0.15) is 0 Å². The molecule has 2 aliphatic carbocycles. The van der Waals surface area contributed by atoms with Crippen LogP contribution in [-0.4, -0.2) is 9.99 Å². The van der Waals surface area contributed by atoms with Crippen molar-refractivity contribution in [1.29, 1.82) is 0 Å². The standard InChI is InChI=1S/C19H22O2S2/c1-9-15-5-13-7-17-11(3)23(21)12(4)18(17)8-14(19(13)20)6-16(15)10(2)22-9/h13-14H,5-8H2,1-4H3. The molecule has 0 saturated heterocycles. The minimum absolute atomic E-state index is 0.0688. The van der Waals surface area contributed by atoms with Gasteiger partial charge < -0.3 is 0 Å². The number of hydrogen-bond donors (Lipinski definition) is 0. The molecule has 2 atom stereocenters. The number of carbonyl (C=O) groups is 1. The summed E-state index contributed by atoms with van der Waals surface area (Å²) in [7, 11) is -0.964. The number of Topliss-reactive ketones (excluding diaryl/α,β-unsaturated/α-hetero) is 1. The number of ketones is 1. The van der Waals surface area contributed by atoms with Crippen LogP contribution >= 0.6 is 11.3 Å². The normalized spacial score (nSPS) is 30.3. The molecule has 4 rings (SSSR count). The van der Waals surface area contributed by atoms with Gasteiger partial charge in [-0.05, 0) is 75.7 Å². The maximum Gasteiger partial charge on any atom is 0.140 e. The number of fused-ring (bicyclic) bond motifs is 4. The van der Waals surface area contributed by atoms with Crippen LogP contribution in [0.4, 0.5) is 0 Å². The lowest BCUT2D eigenvalue weighted by Crippen LogP contribution is -2.22. The second kappa shape index (κ2) is 5.25. The van der Waals surface area contributed by atoms with E-state index < -0.39 is 10.8 Å². The summed E-state index contributed by atoms with van der Waals surface area (Å²) in [6, 6.07) is 0. The van der Waals surface area contributed by atoms with Crippen LogP contribution in [0.1, 0.15) is 47.6 Å². The van der Waals surface area contributed by atoms with Crippen molar-refractivity contribution in [2.45, 2.75) is 53.4 Å². The molecule has 3 aliphatic rings.